The lowest BCUT2D eigenvalue weighted by Crippen LogP contribution is -3.14. The van der Waals surface area contributed by atoms with Gasteiger partial charge in [0.25, 0.3) is 5.91 Å². The number of nitrogens with zero attached hydrogens (tertiary/aromatic N) is 1. The van der Waals surface area contributed by atoms with Gasteiger partial charge in [-0.05, 0) is 12.1 Å². The molecule has 140 valence electrons. The smallest absolute Gasteiger partial charge is 0.292 e. The Morgan fingerprint density at radius 3 is 1.68 bits per heavy atom. The molecule has 0 unspecified atom stereocenters. The zero-order chi connectivity index (χ0) is 19.3. The normalized spacial score (nSPS) is 16.8. The molecule has 1 N–H and O–H groups in total. The van der Waals surface area contributed by atoms with Gasteiger partial charge in [0.15, 0.2) is 6.04 Å². The van der Waals surface area contributed by atoms with Gasteiger partial charge < -0.3 is 4.90 Å². The van der Waals surface area contributed by atoms with Gasteiger partial charge in [-0.15, -0.1) is 0 Å². The van der Waals surface area contributed by atoms with Gasteiger partial charge in [0, 0.05) is 11.1 Å². The fourth-order valence-corrected chi connectivity index (χ4v) is 3.82. The minimum absolute atomic E-state index is 0.113. The third kappa shape index (κ3) is 3.87. The van der Waals surface area contributed by atoms with Crippen molar-refractivity contribution in [1.82, 2.24) is 0 Å². The van der Waals surface area contributed by atoms with Gasteiger partial charge in [0.2, 0.25) is 5.91 Å². The van der Waals surface area contributed by atoms with Crippen LogP contribution in [0.1, 0.15) is 17.5 Å². The van der Waals surface area contributed by atoms with E-state index in [1.54, 1.807) is 0 Å². The van der Waals surface area contributed by atoms with Crippen molar-refractivity contribution < 1.29 is 14.5 Å². The first-order valence-corrected chi connectivity index (χ1v) is 9.56. The van der Waals surface area contributed by atoms with Crippen LogP contribution in [0.3, 0.4) is 0 Å². The van der Waals surface area contributed by atoms with E-state index in [1.807, 2.05) is 66.7 Å². The van der Waals surface area contributed by atoms with Crippen LogP contribution in [-0.4, -0.2) is 17.9 Å². The van der Waals surface area contributed by atoms with Crippen LogP contribution < -0.4 is 9.80 Å². The van der Waals surface area contributed by atoms with Crippen molar-refractivity contribution in [3.63, 3.8) is 0 Å². The first kappa shape index (κ1) is 18.1. The molecule has 3 aromatic carbocycles. The van der Waals surface area contributed by atoms with Gasteiger partial charge in [0.1, 0.15) is 13.1 Å². The minimum atomic E-state index is -0.381. The molecule has 1 aliphatic heterocycles. The minimum Gasteiger partial charge on any atom is -0.317 e. The van der Waals surface area contributed by atoms with Crippen molar-refractivity contribution in [3.05, 3.63) is 102 Å². The van der Waals surface area contributed by atoms with E-state index in [1.165, 1.54) is 4.90 Å². The van der Waals surface area contributed by atoms with Gasteiger partial charge in [-0.25, -0.2) is 4.90 Å². The highest BCUT2D eigenvalue weighted by Gasteiger charge is 2.45. The molecule has 1 fully saturated rings. The molecule has 4 heteroatoms. The number of benzene rings is 3. The molecule has 0 aliphatic carbocycles. The second kappa shape index (κ2) is 8.19. The number of para-hydroxylation sites is 1. The van der Waals surface area contributed by atoms with Crippen LogP contribution in [0.2, 0.25) is 0 Å². The Morgan fingerprint density at radius 2 is 1.18 bits per heavy atom. The summed E-state index contributed by atoms with van der Waals surface area (Å²) in [5.41, 5.74) is 2.97. The molecule has 28 heavy (non-hydrogen) atoms. The van der Waals surface area contributed by atoms with Crippen LogP contribution in [0.25, 0.3) is 0 Å². The van der Waals surface area contributed by atoms with E-state index in [2.05, 4.69) is 24.3 Å². The second-order valence-electron chi connectivity index (χ2n) is 7.14. The number of rotatable bonds is 6. The lowest BCUT2D eigenvalue weighted by atomic mass is 10.1. The molecule has 0 saturated carbocycles. The summed E-state index contributed by atoms with van der Waals surface area (Å²) in [6, 6.07) is 29.1. The average molecular weight is 371 g/mol. The van der Waals surface area contributed by atoms with Crippen LogP contribution in [0.15, 0.2) is 91.0 Å². The molecular weight excluding hydrogens is 348 g/mol. The number of hydrogen-bond donors (Lipinski definition) is 1. The first-order chi connectivity index (χ1) is 13.7. The van der Waals surface area contributed by atoms with Gasteiger partial charge in [-0.3, -0.25) is 9.59 Å². The highest BCUT2D eigenvalue weighted by molar-refractivity contribution is 6.21. The summed E-state index contributed by atoms with van der Waals surface area (Å²) in [5.74, 6) is -0.238. The summed E-state index contributed by atoms with van der Waals surface area (Å²) >= 11 is 0. The number of carbonyl (C=O) groups is 2. The summed E-state index contributed by atoms with van der Waals surface area (Å²) in [6.45, 7) is 1.39. The van der Waals surface area contributed by atoms with Crippen molar-refractivity contribution in [2.45, 2.75) is 25.6 Å². The Bertz CT molecular complexity index is 901. The van der Waals surface area contributed by atoms with Crippen LogP contribution >= 0.6 is 0 Å². The van der Waals surface area contributed by atoms with E-state index in [9.17, 15) is 9.59 Å². The van der Waals surface area contributed by atoms with Gasteiger partial charge in [-0.2, -0.15) is 0 Å². The predicted molar refractivity (Wildman–Crippen MR) is 109 cm³/mol. The Morgan fingerprint density at radius 1 is 0.714 bits per heavy atom. The first-order valence-electron chi connectivity index (χ1n) is 9.56. The maximum atomic E-state index is 13.2. The van der Waals surface area contributed by atoms with E-state index in [4.69, 9.17) is 0 Å². The Hall–Kier alpha value is -3.24. The van der Waals surface area contributed by atoms with E-state index in [0.29, 0.717) is 18.8 Å². The van der Waals surface area contributed by atoms with E-state index >= 15 is 0 Å². The molecule has 4 nitrogen and oxygen atoms in total. The number of carbonyl (C=O) groups excluding carboxylic acids is 2. The van der Waals surface area contributed by atoms with Crippen molar-refractivity contribution >= 4 is 17.5 Å². The van der Waals surface area contributed by atoms with Crippen molar-refractivity contribution in [2.24, 2.45) is 0 Å². The van der Waals surface area contributed by atoms with Crippen LogP contribution in [0.5, 0.6) is 0 Å². The molecule has 0 bridgehead atoms. The third-order valence-corrected chi connectivity index (χ3v) is 5.20. The SMILES string of the molecule is O=C1C[C@H]([NH+](Cc2ccccc2)Cc2ccccc2)C(=O)N1c1ccccc1. The molecule has 4 rings (SSSR count). The van der Waals surface area contributed by atoms with E-state index in [0.717, 1.165) is 16.0 Å². The highest BCUT2D eigenvalue weighted by Crippen LogP contribution is 2.21. The maximum Gasteiger partial charge on any atom is 0.292 e. The van der Waals surface area contributed by atoms with E-state index in [-0.39, 0.29) is 24.3 Å². The second-order valence-corrected chi connectivity index (χ2v) is 7.14. The number of nitrogens with one attached hydrogen (secondary N) is 1. The fourth-order valence-electron chi connectivity index (χ4n) is 3.82. The monoisotopic (exact) mass is 371 g/mol. The lowest BCUT2D eigenvalue weighted by Gasteiger charge is -2.25. The van der Waals surface area contributed by atoms with E-state index < -0.39 is 0 Å². The summed E-state index contributed by atoms with van der Waals surface area (Å²) in [7, 11) is 0. The average Bonchev–Trinajstić information content (AvgIpc) is 3.04. The lowest BCUT2D eigenvalue weighted by molar-refractivity contribution is -0.942. The highest BCUT2D eigenvalue weighted by atomic mass is 16.2. The summed E-state index contributed by atoms with van der Waals surface area (Å²) in [4.78, 5) is 28.4. The molecule has 0 radical (unpaired) electrons. The molecule has 1 atom stereocenters. The molecule has 0 spiro atoms. The number of quaternary nitrogens is 1. The Kier molecular flexibility index (Phi) is 5.31. The standard InChI is InChI=1S/C24H22N2O2/c27-23-16-22(24(28)26(23)21-14-8-3-9-15-21)25(17-19-10-4-1-5-11-19)18-20-12-6-2-7-13-20/h1-15,22H,16-18H2/p+1/t22-/m0/s1. The number of hydrogen-bond acceptors (Lipinski definition) is 2. The predicted octanol–water partition coefficient (Wildman–Crippen LogP) is 2.60. The van der Waals surface area contributed by atoms with Crippen LogP contribution in [0.4, 0.5) is 5.69 Å². The number of amides is 2. The van der Waals surface area contributed by atoms with Crippen molar-refractivity contribution in [2.75, 3.05) is 4.90 Å². The number of imide groups is 1. The largest absolute Gasteiger partial charge is 0.317 e. The Labute approximate surface area is 165 Å². The molecule has 1 heterocycles. The van der Waals surface area contributed by atoms with Crippen LogP contribution in [0, 0.1) is 0 Å². The fraction of sp³-hybridized carbons (Fsp3) is 0.167. The molecule has 0 aromatic heterocycles. The quantitative estimate of drug-likeness (QED) is 0.677. The zero-order valence-electron chi connectivity index (χ0n) is 15.6. The van der Waals surface area contributed by atoms with Crippen LogP contribution in [-0.2, 0) is 22.7 Å². The van der Waals surface area contributed by atoms with Crippen molar-refractivity contribution in [1.29, 1.82) is 0 Å². The number of anilines is 1. The van der Waals surface area contributed by atoms with Gasteiger partial charge in [0.05, 0.1) is 12.1 Å². The maximum absolute atomic E-state index is 13.2. The third-order valence-electron chi connectivity index (χ3n) is 5.20. The zero-order valence-corrected chi connectivity index (χ0v) is 15.6. The Balaban J connectivity index is 1.62. The molecule has 3 aromatic rings. The molecule has 1 saturated heterocycles. The molecule has 2 amide bonds. The topological polar surface area (TPSA) is 41.8 Å². The van der Waals surface area contributed by atoms with Gasteiger partial charge >= 0.3 is 0 Å². The summed E-state index contributed by atoms with van der Waals surface area (Å²) < 4.78 is 0. The summed E-state index contributed by atoms with van der Waals surface area (Å²) in [5, 5.41) is 0. The van der Waals surface area contributed by atoms with Crippen molar-refractivity contribution in [3.8, 4) is 0 Å². The molecular formula is C24H23N2O2+. The molecule has 1 aliphatic rings. The summed E-state index contributed by atoms with van der Waals surface area (Å²) in [6.07, 6.45) is 0.239. The van der Waals surface area contributed by atoms with Gasteiger partial charge in [-0.1, -0.05) is 78.9 Å².